The zero-order valence-corrected chi connectivity index (χ0v) is 22.1. The SMILES string of the molecule is COc1ccc(S(=O)(=O)N[C@@H](CC(N)=O)C(=O)N2CCC[C@H]2C(=O)NCc2ccc(C(=N)N)cc2)cc1Cl. The van der Waals surface area contributed by atoms with Crippen LogP contribution in [0.1, 0.15) is 30.4 Å². The highest BCUT2D eigenvalue weighted by Crippen LogP contribution is 2.27. The van der Waals surface area contributed by atoms with Crippen LogP contribution in [0, 0.1) is 5.41 Å². The maximum absolute atomic E-state index is 13.4. The van der Waals surface area contributed by atoms with Gasteiger partial charge in [-0.15, -0.1) is 0 Å². The number of nitrogens with one attached hydrogen (secondary N) is 3. The molecule has 204 valence electrons. The van der Waals surface area contributed by atoms with Gasteiger partial charge in [0, 0.05) is 18.7 Å². The molecule has 3 amide bonds. The first-order valence-corrected chi connectivity index (χ1v) is 13.4. The van der Waals surface area contributed by atoms with Crippen LogP contribution in [0.5, 0.6) is 5.75 Å². The monoisotopic (exact) mass is 564 g/mol. The summed E-state index contributed by atoms with van der Waals surface area (Å²) in [6.45, 7) is 0.376. The van der Waals surface area contributed by atoms with Gasteiger partial charge in [0.2, 0.25) is 27.7 Å². The van der Waals surface area contributed by atoms with Crippen molar-refractivity contribution in [1.82, 2.24) is 14.9 Å². The average molecular weight is 565 g/mol. The van der Waals surface area contributed by atoms with E-state index >= 15 is 0 Å². The van der Waals surface area contributed by atoms with E-state index < -0.39 is 46.2 Å². The first-order valence-electron chi connectivity index (χ1n) is 11.6. The van der Waals surface area contributed by atoms with Crippen LogP contribution in [-0.4, -0.2) is 62.6 Å². The Labute approximate surface area is 225 Å². The van der Waals surface area contributed by atoms with Gasteiger partial charge in [-0.25, -0.2) is 8.42 Å². The van der Waals surface area contributed by atoms with Crippen molar-refractivity contribution in [2.45, 2.75) is 42.8 Å². The van der Waals surface area contributed by atoms with Gasteiger partial charge in [-0.1, -0.05) is 35.9 Å². The standard InChI is InChI=1S/C24H29ClN6O6S/c1-37-20-9-8-16(11-17(20)25)38(35,36)30-18(12-21(26)32)24(34)31-10-2-3-19(31)23(33)29-13-14-4-6-15(7-5-14)22(27)28/h4-9,11,18-19,30H,2-3,10,12-13H2,1H3,(H2,26,32)(H3,27,28)(H,29,33)/t18-,19-/m0/s1. The molecule has 2 aromatic rings. The summed E-state index contributed by atoms with van der Waals surface area (Å²) in [7, 11) is -2.91. The highest BCUT2D eigenvalue weighted by atomic mass is 35.5. The minimum absolute atomic E-state index is 0.0420. The molecule has 7 N–H and O–H groups in total. The lowest BCUT2D eigenvalue weighted by Gasteiger charge is -2.28. The van der Waals surface area contributed by atoms with E-state index in [1.165, 1.54) is 24.1 Å². The number of carbonyl (C=O) groups is 3. The summed E-state index contributed by atoms with van der Waals surface area (Å²) in [6.07, 6.45) is 0.279. The molecule has 0 bridgehead atoms. The molecule has 0 saturated carbocycles. The van der Waals surface area contributed by atoms with Crippen molar-refractivity contribution in [3.63, 3.8) is 0 Å². The van der Waals surface area contributed by atoms with Gasteiger partial charge in [0.05, 0.1) is 23.4 Å². The van der Waals surface area contributed by atoms with Crippen LogP contribution in [0.3, 0.4) is 0 Å². The minimum atomic E-state index is -4.29. The van der Waals surface area contributed by atoms with Gasteiger partial charge in [0.1, 0.15) is 23.7 Å². The second-order valence-electron chi connectivity index (χ2n) is 8.66. The summed E-state index contributed by atoms with van der Waals surface area (Å²) in [5, 5.41) is 10.3. The predicted molar refractivity (Wildman–Crippen MR) is 140 cm³/mol. The van der Waals surface area contributed by atoms with Crippen LogP contribution >= 0.6 is 11.6 Å². The summed E-state index contributed by atoms with van der Waals surface area (Å²) < 4.78 is 33.3. The Morgan fingerprint density at radius 2 is 1.87 bits per heavy atom. The Morgan fingerprint density at radius 3 is 2.45 bits per heavy atom. The number of nitrogens with two attached hydrogens (primary N) is 2. The number of halogens is 1. The van der Waals surface area contributed by atoms with Crippen molar-refractivity contribution >= 4 is 45.2 Å². The van der Waals surface area contributed by atoms with E-state index in [0.29, 0.717) is 18.4 Å². The molecular formula is C24H29ClN6O6S. The summed E-state index contributed by atoms with van der Waals surface area (Å²) in [6, 6.07) is 8.14. The second kappa shape index (κ2) is 12.2. The minimum Gasteiger partial charge on any atom is -0.495 e. The molecule has 14 heteroatoms. The van der Waals surface area contributed by atoms with Crippen LogP contribution in [0.25, 0.3) is 0 Å². The Bertz CT molecular complexity index is 1330. The molecule has 0 radical (unpaired) electrons. The molecule has 2 atom stereocenters. The van der Waals surface area contributed by atoms with Crippen LogP contribution < -0.4 is 26.2 Å². The number of nitrogen functional groups attached to an aromatic ring is 1. The first kappa shape index (κ1) is 28.9. The maximum atomic E-state index is 13.4. The fourth-order valence-electron chi connectivity index (χ4n) is 4.06. The van der Waals surface area contributed by atoms with Gasteiger partial charge in [0.25, 0.3) is 0 Å². The number of likely N-dealkylation sites (tertiary alicyclic amines) is 1. The first-order chi connectivity index (χ1) is 17.9. The lowest BCUT2D eigenvalue weighted by molar-refractivity contribution is -0.140. The third kappa shape index (κ3) is 7.00. The number of hydrogen-bond acceptors (Lipinski definition) is 7. The molecule has 1 aliphatic heterocycles. The average Bonchev–Trinajstić information content (AvgIpc) is 3.36. The summed E-state index contributed by atoms with van der Waals surface area (Å²) in [5.74, 6) is -1.87. The van der Waals surface area contributed by atoms with Crippen molar-refractivity contribution in [3.8, 4) is 5.75 Å². The Kier molecular flexibility index (Phi) is 9.31. The number of hydrogen-bond donors (Lipinski definition) is 5. The highest BCUT2D eigenvalue weighted by Gasteiger charge is 2.39. The van der Waals surface area contributed by atoms with Crippen LogP contribution in [-0.2, 0) is 31.0 Å². The number of benzene rings is 2. The Hall–Kier alpha value is -3.68. The van der Waals surface area contributed by atoms with E-state index in [1.807, 2.05) is 0 Å². The summed E-state index contributed by atoms with van der Waals surface area (Å²) in [5.41, 5.74) is 12.1. The van der Waals surface area contributed by atoms with E-state index in [0.717, 1.165) is 11.6 Å². The van der Waals surface area contributed by atoms with Crippen molar-refractivity contribution in [3.05, 3.63) is 58.6 Å². The summed E-state index contributed by atoms with van der Waals surface area (Å²) in [4.78, 5) is 39.0. The van der Waals surface area contributed by atoms with Gasteiger partial charge in [-0.05, 0) is 36.6 Å². The molecule has 1 fully saturated rings. The largest absolute Gasteiger partial charge is 0.495 e. The molecule has 1 saturated heterocycles. The molecule has 0 aliphatic carbocycles. The lowest BCUT2D eigenvalue weighted by atomic mass is 10.1. The topological polar surface area (TPSA) is 198 Å². The Morgan fingerprint density at radius 1 is 1.18 bits per heavy atom. The van der Waals surface area contributed by atoms with E-state index in [2.05, 4.69) is 10.0 Å². The third-order valence-electron chi connectivity index (χ3n) is 6.00. The van der Waals surface area contributed by atoms with Gasteiger partial charge in [-0.2, -0.15) is 4.72 Å². The molecule has 12 nitrogen and oxygen atoms in total. The normalized spacial score (nSPS) is 16.1. The number of rotatable bonds is 11. The number of carbonyl (C=O) groups excluding carboxylic acids is 3. The quantitative estimate of drug-likeness (QED) is 0.193. The van der Waals surface area contributed by atoms with Gasteiger partial charge >= 0.3 is 0 Å². The predicted octanol–water partition coefficient (Wildman–Crippen LogP) is 0.462. The van der Waals surface area contributed by atoms with Gasteiger partial charge < -0.3 is 26.4 Å². The zero-order chi connectivity index (χ0) is 28.0. The molecule has 1 heterocycles. The van der Waals surface area contributed by atoms with E-state index in [-0.39, 0.29) is 34.6 Å². The smallest absolute Gasteiger partial charge is 0.243 e. The number of ether oxygens (including phenoxy) is 1. The van der Waals surface area contributed by atoms with E-state index in [9.17, 15) is 22.8 Å². The zero-order valence-electron chi connectivity index (χ0n) is 20.6. The number of sulfonamides is 1. The number of amidine groups is 1. The van der Waals surface area contributed by atoms with Crippen molar-refractivity contribution in [1.29, 1.82) is 5.41 Å². The molecular weight excluding hydrogens is 536 g/mol. The van der Waals surface area contributed by atoms with Crippen LogP contribution in [0.2, 0.25) is 5.02 Å². The number of amides is 3. The molecule has 1 aliphatic rings. The number of primary amides is 1. The maximum Gasteiger partial charge on any atom is 0.243 e. The molecule has 38 heavy (non-hydrogen) atoms. The summed E-state index contributed by atoms with van der Waals surface area (Å²) >= 11 is 6.05. The second-order valence-corrected chi connectivity index (χ2v) is 10.8. The van der Waals surface area contributed by atoms with Crippen LogP contribution in [0.4, 0.5) is 0 Å². The van der Waals surface area contributed by atoms with E-state index in [4.69, 9.17) is 33.2 Å². The van der Waals surface area contributed by atoms with Gasteiger partial charge in [0.15, 0.2) is 0 Å². The Balaban J connectivity index is 1.73. The van der Waals surface area contributed by atoms with E-state index in [1.54, 1.807) is 24.3 Å². The molecule has 0 aromatic heterocycles. The fraction of sp³-hybridized carbons (Fsp3) is 0.333. The van der Waals surface area contributed by atoms with Crippen molar-refractivity contribution in [2.75, 3.05) is 13.7 Å². The van der Waals surface area contributed by atoms with Gasteiger partial charge in [-0.3, -0.25) is 19.8 Å². The lowest BCUT2D eigenvalue weighted by Crippen LogP contribution is -2.54. The molecule has 2 aromatic carbocycles. The number of nitrogens with zero attached hydrogens (tertiary/aromatic N) is 1. The van der Waals surface area contributed by atoms with Crippen LogP contribution in [0.15, 0.2) is 47.4 Å². The molecule has 3 rings (SSSR count). The molecule has 0 spiro atoms. The highest BCUT2D eigenvalue weighted by molar-refractivity contribution is 7.89. The fourth-order valence-corrected chi connectivity index (χ4v) is 5.60. The van der Waals surface area contributed by atoms with Crippen molar-refractivity contribution < 1.29 is 27.5 Å². The third-order valence-corrected chi connectivity index (χ3v) is 7.77. The number of methoxy groups -OCH3 is 1. The molecule has 0 unspecified atom stereocenters. The van der Waals surface area contributed by atoms with Crippen molar-refractivity contribution in [2.24, 2.45) is 11.5 Å².